The van der Waals surface area contributed by atoms with Crippen LogP contribution in [0.1, 0.15) is 6.92 Å². The number of hydrogen-bond donors (Lipinski definition) is 2. The Morgan fingerprint density at radius 1 is 1.24 bits per heavy atom. The van der Waals surface area contributed by atoms with Gasteiger partial charge in [-0.1, -0.05) is 6.08 Å². The predicted molar refractivity (Wildman–Crippen MR) is 115 cm³/mol. The van der Waals surface area contributed by atoms with Gasteiger partial charge in [0.05, 0.1) is 6.61 Å². The lowest BCUT2D eigenvalue weighted by Crippen LogP contribution is -2.44. The molecule has 0 bridgehead atoms. The highest BCUT2D eigenvalue weighted by Gasteiger charge is 2.38. The summed E-state index contributed by atoms with van der Waals surface area (Å²) >= 11 is 0. The van der Waals surface area contributed by atoms with Crippen LogP contribution in [0.4, 0.5) is 19.1 Å². The number of alkyl halides is 3. The van der Waals surface area contributed by atoms with Crippen molar-refractivity contribution in [2.24, 2.45) is 7.05 Å². The quantitative estimate of drug-likeness (QED) is 0.412. The first-order valence-corrected chi connectivity index (χ1v) is 10.2. The van der Waals surface area contributed by atoms with E-state index in [1.165, 1.54) is 4.57 Å². The smallest absolute Gasteiger partial charge is 0.475 e. The summed E-state index contributed by atoms with van der Waals surface area (Å²) in [4.78, 5) is 53.1. The normalized spacial score (nSPS) is 13.9. The molecule has 1 fully saturated rings. The third kappa shape index (κ3) is 5.84. The minimum Gasteiger partial charge on any atom is -0.475 e. The van der Waals surface area contributed by atoms with Crippen LogP contribution in [0.25, 0.3) is 11.2 Å². The molecule has 0 radical (unpaired) electrons. The summed E-state index contributed by atoms with van der Waals surface area (Å²) < 4.78 is 40.6. The number of aromatic nitrogens is 4. The maximum absolute atomic E-state index is 13.0. The van der Waals surface area contributed by atoms with Crippen LogP contribution in [0.3, 0.4) is 0 Å². The second-order valence-corrected chi connectivity index (χ2v) is 7.06. The zero-order valence-electron chi connectivity index (χ0n) is 18.6. The van der Waals surface area contributed by atoms with E-state index >= 15 is 0 Å². The SMILES string of the molecule is C=CCn1c(N2CCNCC2)nc2c1c(=O)n(CC(=O)OCC)c(=O)n2C.O=C(O)C(F)(F)F. The number of imidazole rings is 1. The van der Waals surface area contributed by atoms with E-state index in [1.54, 1.807) is 24.6 Å². The van der Waals surface area contributed by atoms with Gasteiger partial charge in [-0.05, 0) is 6.92 Å². The van der Waals surface area contributed by atoms with E-state index < -0.39 is 35.9 Å². The molecule has 2 aromatic rings. The average Bonchev–Trinajstić information content (AvgIpc) is 3.16. The van der Waals surface area contributed by atoms with E-state index in [2.05, 4.69) is 21.8 Å². The van der Waals surface area contributed by atoms with Crippen LogP contribution in [0.5, 0.6) is 0 Å². The van der Waals surface area contributed by atoms with Crippen LogP contribution in [-0.4, -0.2) is 74.7 Å². The Morgan fingerprint density at radius 2 is 1.82 bits per heavy atom. The highest BCUT2D eigenvalue weighted by Crippen LogP contribution is 2.20. The monoisotopic (exact) mass is 490 g/mol. The molecule has 34 heavy (non-hydrogen) atoms. The molecule has 2 N–H and O–H groups in total. The van der Waals surface area contributed by atoms with Crippen molar-refractivity contribution in [3.63, 3.8) is 0 Å². The number of aryl methyl sites for hydroxylation is 1. The number of anilines is 1. The maximum Gasteiger partial charge on any atom is 0.490 e. The van der Waals surface area contributed by atoms with Crippen LogP contribution in [-0.2, 0) is 34.5 Å². The molecule has 0 saturated carbocycles. The molecule has 15 heteroatoms. The number of carboxylic acids is 1. The molecule has 3 heterocycles. The van der Waals surface area contributed by atoms with Gasteiger partial charge in [-0.3, -0.25) is 14.2 Å². The summed E-state index contributed by atoms with van der Waals surface area (Å²) in [6.07, 6.45) is -3.41. The Bertz CT molecular complexity index is 1180. The number of carbonyl (C=O) groups is 2. The van der Waals surface area contributed by atoms with Crippen LogP contribution >= 0.6 is 0 Å². The molecule has 1 aliphatic rings. The van der Waals surface area contributed by atoms with Gasteiger partial charge in [0.2, 0.25) is 5.95 Å². The van der Waals surface area contributed by atoms with Crippen molar-refractivity contribution in [1.29, 1.82) is 0 Å². The lowest BCUT2D eigenvalue weighted by Gasteiger charge is -2.28. The number of rotatable bonds is 6. The minimum absolute atomic E-state index is 0.178. The van der Waals surface area contributed by atoms with Gasteiger partial charge in [-0.25, -0.2) is 14.2 Å². The summed E-state index contributed by atoms with van der Waals surface area (Å²) in [5, 5.41) is 10.4. The number of fused-ring (bicyclic) bond motifs is 1. The fourth-order valence-electron chi connectivity index (χ4n) is 3.24. The fraction of sp³-hybridized carbons (Fsp3) is 0.526. The van der Waals surface area contributed by atoms with Gasteiger partial charge in [0.1, 0.15) is 6.54 Å². The molecule has 3 rings (SSSR count). The lowest BCUT2D eigenvalue weighted by molar-refractivity contribution is -0.192. The van der Waals surface area contributed by atoms with Crippen molar-refractivity contribution in [3.05, 3.63) is 33.5 Å². The Balaban J connectivity index is 0.000000509. The molecule has 0 aromatic carbocycles. The summed E-state index contributed by atoms with van der Waals surface area (Å²) in [5.74, 6) is -2.77. The topological polar surface area (TPSA) is 141 Å². The molecule has 188 valence electrons. The Morgan fingerprint density at radius 3 is 2.32 bits per heavy atom. The molecule has 0 atom stereocenters. The van der Waals surface area contributed by atoms with Gasteiger partial charge in [0.15, 0.2) is 11.2 Å². The summed E-state index contributed by atoms with van der Waals surface area (Å²) in [6.45, 7) is 8.64. The molecular formula is C19H25F3N6O6. The number of ether oxygens (including phenoxy) is 1. The molecule has 0 amide bonds. The Kier molecular flexibility index (Phi) is 8.62. The van der Waals surface area contributed by atoms with E-state index in [9.17, 15) is 27.6 Å². The number of piperazine rings is 1. The maximum atomic E-state index is 13.0. The summed E-state index contributed by atoms with van der Waals surface area (Å²) in [5.41, 5.74) is -0.595. The highest BCUT2D eigenvalue weighted by molar-refractivity contribution is 5.76. The van der Waals surface area contributed by atoms with Gasteiger partial charge in [0.25, 0.3) is 5.56 Å². The van der Waals surface area contributed by atoms with Gasteiger partial charge < -0.3 is 24.6 Å². The second-order valence-electron chi connectivity index (χ2n) is 7.06. The van der Waals surface area contributed by atoms with Crippen molar-refractivity contribution in [3.8, 4) is 0 Å². The number of allylic oxidation sites excluding steroid dienone is 1. The van der Waals surface area contributed by atoms with Crippen molar-refractivity contribution in [1.82, 2.24) is 24.0 Å². The number of aliphatic carboxylic acids is 1. The molecule has 0 aliphatic carbocycles. The Hall–Kier alpha value is -3.62. The number of carboxylic acid groups (broad SMARTS) is 1. The Labute approximate surface area is 190 Å². The molecule has 0 unspecified atom stereocenters. The van der Waals surface area contributed by atoms with E-state index in [0.717, 1.165) is 30.7 Å². The fourth-order valence-corrected chi connectivity index (χ4v) is 3.24. The van der Waals surface area contributed by atoms with E-state index in [1.807, 2.05) is 0 Å². The molecule has 12 nitrogen and oxygen atoms in total. The molecule has 1 saturated heterocycles. The number of nitrogens with one attached hydrogen (secondary N) is 1. The number of hydrogen-bond acceptors (Lipinski definition) is 8. The highest BCUT2D eigenvalue weighted by atomic mass is 19.4. The largest absolute Gasteiger partial charge is 0.490 e. The third-order valence-corrected chi connectivity index (χ3v) is 4.76. The van der Waals surface area contributed by atoms with Crippen LogP contribution in [0.2, 0.25) is 0 Å². The van der Waals surface area contributed by atoms with Crippen molar-refractivity contribution in [2.75, 3.05) is 37.7 Å². The first-order valence-electron chi connectivity index (χ1n) is 10.2. The zero-order valence-corrected chi connectivity index (χ0v) is 18.6. The zero-order chi connectivity index (χ0) is 25.6. The van der Waals surface area contributed by atoms with Crippen molar-refractivity contribution in [2.45, 2.75) is 26.2 Å². The van der Waals surface area contributed by atoms with Gasteiger partial charge >= 0.3 is 23.8 Å². The van der Waals surface area contributed by atoms with Gasteiger partial charge in [-0.15, -0.1) is 6.58 Å². The van der Waals surface area contributed by atoms with E-state index in [4.69, 9.17) is 14.6 Å². The van der Waals surface area contributed by atoms with Crippen LogP contribution < -0.4 is 21.5 Å². The number of halogens is 3. The second kappa shape index (κ2) is 11.0. The van der Waals surface area contributed by atoms with E-state index in [0.29, 0.717) is 18.1 Å². The van der Waals surface area contributed by atoms with Crippen LogP contribution in [0.15, 0.2) is 22.2 Å². The van der Waals surface area contributed by atoms with Crippen LogP contribution in [0, 0.1) is 0 Å². The molecular weight excluding hydrogens is 465 g/mol. The summed E-state index contributed by atoms with van der Waals surface area (Å²) in [6, 6.07) is 0. The number of nitrogens with zero attached hydrogens (tertiary/aromatic N) is 5. The van der Waals surface area contributed by atoms with Gasteiger partial charge in [-0.2, -0.15) is 18.2 Å². The first kappa shape index (κ1) is 26.6. The number of carbonyl (C=O) groups excluding carboxylic acids is 1. The first-order chi connectivity index (χ1) is 15.9. The van der Waals surface area contributed by atoms with Crippen molar-refractivity contribution < 1.29 is 32.6 Å². The molecule has 0 spiro atoms. The number of esters is 1. The van der Waals surface area contributed by atoms with E-state index in [-0.39, 0.29) is 12.1 Å². The van der Waals surface area contributed by atoms with Crippen molar-refractivity contribution >= 4 is 29.1 Å². The summed E-state index contributed by atoms with van der Waals surface area (Å²) in [7, 11) is 1.54. The van der Waals surface area contributed by atoms with Gasteiger partial charge in [0, 0.05) is 39.8 Å². The lowest BCUT2D eigenvalue weighted by atomic mass is 10.4. The third-order valence-electron chi connectivity index (χ3n) is 4.76. The molecule has 1 aliphatic heterocycles. The minimum atomic E-state index is -5.08. The standard InChI is InChI=1S/C17H24N6O4.C2HF3O2/c1-4-8-22-13-14(19-16(22)21-9-6-18-7-10-21)20(3)17(26)23(15(13)25)11-12(24)27-5-2;3-2(4,5)1(6)7/h4,18H,1,5-11H2,2-3H3;(H,6,7). The molecule has 2 aromatic heterocycles. The average molecular weight is 490 g/mol. The predicted octanol–water partition coefficient (Wildman–Crippen LogP) is -0.311.